The molecule has 2 aromatic carbocycles. The fourth-order valence-electron chi connectivity index (χ4n) is 2.30. The maximum atomic E-state index is 5.87. The third kappa shape index (κ3) is 6.75. The van der Waals surface area contributed by atoms with E-state index in [0.717, 1.165) is 29.6 Å². The third-order valence-corrected chi connectivity index (χ3v) is 3.54. The predicted molar refractivity (Wildman–Crippen MR) is 102 cm³/mol. The molecule has 0 spiro atoms. The molecule has 0 aliphatic heterocycles. The lowest BCUT2D eigenvalue weighted by Crippen LogP contribution is -2.41. The van der Waals surface area contributed by atoms with E-state index in [-0.39, 0.29) is 6.10 Å². The molecule has 1 atom stereocenters. The Morgan fingerprint density at radius 3 is 2.52 bits per heavy atom. The van der Waals surface area contributed by atoms with Crippen LogP contribution in [0, 0.1) is 0 Å². The van der Waals surface area contributed by atoms with E-state index in [1.807, 2.05) is 68.4 Å². The Kier molecular flexibility index (Phi) is 7.63. The standard InChI is InChI=1S/C20H27N3O2/c1-4-21-20(23-15-17-9-8-12-19(13-17)24-3)22-14-16(2)25-18-10-6-5-7-11-18/h5-13,16H,4,14-15H2,1-3H3,(H2,21,22,23). The number of nitrogens with one attached hydrogen (secondary N) is 2. The van der Waals surface area contributed by atoms with Crippen LogP contribution in [-0.2, 0) is 6.54 Å². The van der Waals surface area contributed by atoms with Crippen LogP contribution < -0.4 is 20.1 Å². The van der Waals surface area contributed by atoms with Gasteiger partial charge in [-0.25, -0.2) is 4.99 Å². The number of hydrogen-bond acceptors (Lipinski definition) is 3. The van der Waals surface area contributed by atoms with Gasteiger partial charge in [-0.2, -0.15) is 0 Å². The first kappa shape index (κ1) is 18.6. The lowest BCUT2D eigenvalue weighted by atomic mass is 10.2. The number of rotatable bonds is 8. The molecule has 0 saturated carbocycles. The zero-order chi connectivity index (χ0) is 17.9. The summed E-state index contributed by atoms with van der Waals surface area (Å²) in [6.07, 6.45) is 0.0306. The fourth-order valence-corrected chi connectivity index (χ4v) is 2.30. The average Bonchev–Trinajstić information content (AvgIpc) is 2.65. The zero-order valence-corrected chi connectivity index (χ0v) is 15.2. The molecule has 0 heterocycles. The van der Waals surface area contributed by atoms with Crippen LogP contribution in [-0.4, -0.2) is 32.3 Å². The molecular formula is C20H27N3O2. The smallest absolute Gasteiger partial charge is 0.191 e. The number of benzene rings is 2. The van der Waals surface area contributed by atoms with Crippen LogP contribution in [0.1, 0.15) is 19.4 Å². The summed E-state index contributed by atoms with van der Waals surface area (Å²) in [5.41, 5.74) is 1.10. The summed E-state index contributed by atoms with van der Waals surface area (Å²) in [4.78, 5) is 4.62. The minimum absolute atomic E-state index is 0.0306. The number of hydrogen-bond donors (Lipinski definition) is 2. The van der Waals surface area contributed by atoms with Gasteiger partial charge in [0.25, 0.3) is 0 Å². The Labute approximate surface area is 150 Å². The maximum absolute atomic E-state index is 5.87. The first-order chi connectivity index (χ1) is 12.2. The highest BCUT2D eigenvalue weighted by molar-refractivity contribution is 5.79. The highest BCUT2D eigenvalue weighted by Gasteiger charge is 2.05. The largest absolute Gasteiger partial charge is 0.497 e. The first-order valence-electron chi connectivity index (χ1n) is 8.58. The van der Waals surface area contributed by atoms with Crippen molar-refractivity contribution in [2.45, 2.75) is 26.5 Å². The molecule has 0 aliphatic carbocycles. The van der Waals surface area contributed by atoms with Crippen molar-refractivity contribution in [2.75, 3.05) is 20.2 Å². The molecule has 2 N–H and O–H groups in total. The molecule has 0 fully saturated rings. The van der Waals surface area contributed by atoms with Crippen molar-refractivity contribution in [3.63, 3.8) is 0 Å². The van der Waals surface area contributed by atoms with E-state index in [1.54, 1.807) is 7.11 Å². The molecule has 134 valence electrons. The molecule has 0 amide bonds. The summed E-state index contributed by atoms with van der Waals surface area (Å²) in [6.45, 7) is 6.13. The summed E-state index contributed by atoms with van der Waals surface area (Å²) in [5.74, 6) is 2.49. The van der Waals surface area contributed by atoms with Crippen LogP contribution in [0.5, 0.6) is 11.5 Å². The van der Waals surface area contributed by atoms with Gasteiger partial charge in [0.15, 0.2) is 5.96 Å². The van der Waals surface area contributed by atoms with E-state index in [9.17, 15) is 0 Å². The second-order valence-electron chi connectivity index (χ2n) is 5.67. The summed E-state index contributed by atoms with van der Waals surface area (Å²) in [5, 5.41) is 6.57. The molecule has 2 rings (SSSR count). The Bertz CT molecular complexity index is 659. The second kappa shape index (κ2) is 10.2. The minimum atomic E-state index is 0.0306. The SMILES string of the molecule is CCNC(=NCc1cccc(OC)c1)NCC(C)Oc1ccccc1. The van der Waals surface area contributed by atoms with Crippen LogP contribution in [0.4, 0.5) is 0 Å². The van der Waals surface area contributed by atoms with Gasteiger partial charge in [0.2, 0.25) is 0 Å². The first-order valence-corrected chi connectivity index (χ1v) is 8.58. The summed E-state index contributed by atoms with van der Waals surface area (Å²) < 4.78 is 11.1. The van der Waals surface area contributed by atoms with Crippen LogP contribution >= 0.6 is 0 Å². The number of para-hydroxylation sites is 1. The van der Waals surface area contributed by atoms with Crippen LogP contribution in [0.15, 0.2) is 59.6 Å². The van der Waals surface area contributed by atoms with Gasteiger partial charge in [-0.05, 0) is 43.7 Å². The topological polar surface area (TPSA) is 54.9 Å². The van der Waals surface area contributed by atoms with Gasteiger partial charge in [-0.15, -0.1) is 0 Å². The van der Waals surface area contributed by atoms with Crippen LogP contribution in [0.25, 0.3) is 0 Å². The molecule has 0 bridgehead atoms. The van der Waals surface area contributed by atoms with Crippen molar-refractivity contribution in [3.8, 4) is 11.5 Å². The van der Waals surface area contributed by atoms with Gasteiger partial charge in [-0.1, -0.05) is 30.3 Å². The normalized spacial score (nSPS) is 12.4. The van der Waals surface area contributed by atoms with Gasteiger partial charge >= 0.3 is 0 Å². The van der Waals surface area contributed by atoms with Crippen molar-refractivity contribution in [1.29, 1.82) is 0 Å². The Morgan fingerprint density at radius 2 is 1.80 bits per heavy atom. The maximum Gasteiger partial charge on any atom is 0.191 e. The Morgan fingerprint density at radius 1 is 1.04 bits per heavy atom. The minimum Gasteiger partial charge on any atom is -0.497 e. The van der Waals surface area contributed by atoms with E-state index < -0.39 is 0 Å². The van der Waals surface area contributed by atoms with Crippen molar-refractivity contribution < 1.29 is 9.47 Å². The highest BCUT2D eigenvalue weighted by atomic mass is 16.5. The molecular weight excluding hydrogens is 314 g/mol. The van der Waals surface area contributed by atoms with Gasteiger partial charge in [-0.3, -0.25) is 0 Å². The van der Waals surface area contributed by atoms with Gasteiger partial charge < -0.3 is 20.1 Å². The molecule has 0 aromatic heterocycles. The van der Waals surface area contributed by atoms with Crippen molar-refractivity contribution in [3.05, 3.63) is 60.2 Å². The van der Waals surface area contributed by atoms with Gasteiger partial charge in [0, 0.05) is 6.54 Å². The number of aliphatic imine (C=N–C) groups is 1. The molecule has 5 heteroatoms. The van der Waals surface area contributed by atoms with Gasteiger partial charge in [0.1, 0.15) is 17.6 Å². The van der Waals surface area contributed by atoms with E-state index in [4.69, 9.17) is 9.47 Å². The lowest BCUT2D eigenvalue weighted by molar-refractivity contribution is 0.224. The molecule has 0 aliphatic rings. The molecule has 2 aromatic rings. The number of guanidine groups is 1. The van der Waals surface area contributed by atoms with Crippen LogP contribution in [0.2, 0.25) is 0 Å². The van der Waals surface area contributed by atoms with E-state index >= 15 is 0 Å². The highest BCUT2D eigenvalue weighted by Crippen LogP contribution is 2.13. The Hall–Kier alpha value is -2.69. The molecule has 5 nitrogen and oxygen atoms in total. The van der Waals surface area contributed by atoms with E-state index in [0.29, 0.717) is 13.1 Å². The quantitative estimate of drug-likeness (QED) is 0.572. The molecule has 0 saturated heterocycles. The monoisotopic (exact) mass is 341 g/mol. The predicted octanol–water partition coefficient (Wildman–Crippen LogP) is 3.22. The second-order valence-corrected chi connectivity index (χ2v) is 5.67. The van der Waals surface area contributed by atoms with Crippen molar-refractivity contribution in [1.82, 2.24) is 10.6 Å². The average molecular weight is 341 g/mol. The number of nitrogens with zero attached hydrogens (tertiary/aromatic N) is 1. The van der Waals surface area contributed by atoms with Crippen molar-refractivity contribution >= 4 is 5.96 Å². The van der Waals surface area contributed by atoms with E-state index in [1.165, 1.54) is 0 Å². The summed E-state index contributed by atoms with van der Waals surface area (Å²) in [6, 6.07) is 17.8. The van der Waals surface area contributed by atoms with Crippen molar-refractivity contribution in [2.24, 2.45) is 4.99 Å². The Balaban J connectivity index is 1.88. The number of methoxy groups -OCH3 is 1. The molecule has 25 heavy (non-hydrogen) atoms. The molecule has 0 radical (unpaired) electrons. The summed E-state index contributed by atoms with van der Waals surface area (Å²) >= 11 is 0. The zero-order valence-electron chi connectivity index (χ0n) is 15.2. The number of ether oxygens (including phenoxy) is 2. The lowest BCUT2D eigenvalue weighted by Gasteiger charge is -2.17. The fraction of sp³-hybridized carbons (Fsp3) is 0.350. The van der Waals surface area contributed by atoms with Crippen LogP contribution in [0.3, 0.4) is 0 Å². The summed E-state index contributed by atoms with van der Waals surface area (Å²) in [7, 11) is 1.67. The molecule has 1 unspecified atom stereocenters. The van der Waals surface area contributed by atoms with Gasteiger partial charge in [0.05, 0.1) is 20.2 Å². The van der Waals surface area contributed by atoms with E-state index in [2.05, 4.69) is 15.6 Å². The third-order valence-electron chi connectivity index (χ3n) is 3.54.